The number of likely N-dealkylation sites (tertiary alicyclic amines) is 1. The van der Waals surface area contributed by atoms with E-state index in [2.05, 4.69) is 15.6 Å². The molecule has 1 fully saturated rings. The number of nitrogens with one attached hydrogen (secondary N) is 2. The normalized spacial score (nSPS) is 17.9. The number of hydrogen-bond acceptors (Lipinski definition) is 5. The predicted molar refractivity (Wildman–Crippen MR) is 92.8 cm³/mol. The van der Waals surface area contributed by atoms with Gasteiger partial charge in [-0.05, 0) is 31.9 Å². The van der Waals surface area contributed by atoms with Gasteiger partial charge in [0.1, 0.15) is 5.76 Å². The molecule has 0 spiro atoms. The number of amides is 1. The molecule has 25 heavy (non-hydrogen) atoms. The second-order valence-corrected chi connectivity index (χ2v) is 5.79. The molecule has 1 aliphatic heterocycles. The molecule has 2 rings (SSSR count). The Balaban J connectivity index is 1.78. The zero-order valence-electron chi connectivity index (χ0n) is 14.8. The number of esters is 1. The van der Waals surface area contributed by atoms with Crippen molar-refractivity contribution in [3.63, 3.8) is 0 Å². The van der Waals surface area contributed by atoms with Crippen LogP contribution in [-0.4, -0.2) is 56.0 Å². The molecule has 0 aliphatic carbocycles. The van der Waals surface area contributed by atoms with Crippen LogP contribution in [0, 0.1) is 5.92 Å². The first kappa shape index (κ1) is 18.8. The Hall–Kier alpha value is -2.51. The number of aliphatic imine (C=N–C) groups is 1. The van der Waals surface area contributed by atoms with Gasteiger partial charge >= 0.3 is 5.97 Å². The van der Waals surface area contributed by atoms with Crippen LogP contribution in [0.1, 0.15) is 25.5 Å². The maximum Gasteiger partial charge on any atom is 0.310 e. The van der Waals surface area contributed by atoms with Crippen LogP contribution < -0.4 is 10.6 Å². The Morgan fingerprint density at radius 3 is 2.96 bits per heavy atom. The van der Waals surface area contributed by atoms with Crippen molar-refractivity contribution in [2.45, 2.75) is 26.3 Å². The minimum Gasteiger partial charge on any atom is -0.467 e. The lowest BCUT2D eigenvalue weighted by Gasteiger charge is -2.33. The van der Waals surface area contributed by atoms with Crippen LogP contribution in [0.2, 0.25) is 0 Å². The molecule has 0 bridgehead atoms. The molecule has 2 N–H and O–H groups in total. The minimum atomic E-state index is -0.168. The molecule has 1 saturated heterocycles. The molecule has 1 aromatic rings. The zero-order valence-corrected chi connectivity index (χ0v) is 14.8. The average Bonchev–Trinajstić information content (AvgIpc) is 3.14. The molecule has 1 unspecified atom stereocenters. The van der Waals surface area contributed by atoms with Gasteiger partial charge in [0.05, 0.1) is 31.9 Å². The van der Waals surface area contributed by atoms with Gasteiger partial charge in [-0.25, -0.2) is 0 Å². The van der Waals surface area contributed by atoms with Crippen LogP contribution in [0.4, 0.5) is 0 Å². The van der Waals surface area contributed by atoms with Crippen LogP contribution in [0.25, 0.3) is 0 Å². The summed E-state index contributed by atoms with van der Waals surface area (Å²) in [6, 6.07) is 3.58. The molecule has 138 valence electrons. The summed E-state index contributed by atoms with van der Waals surface area (Å²) in [7, 11) is 1.66. The lowest BCUT2D eigenvalue weighted by Crippen LogP contribution is -2.50. The molecule has 0 radical (unpaired) electrons. The van der Waals surface area contributed by atoms with Gasteiger partial charge in [0.25, 0.3) is 0 Å². The highest BCUT2D eigenvalue weighted by molar-refractivity contribution is 5.86. The van der Waals surface area contributed by atoms with Gasteiger partial charge < -0.3 is 24.7 Å². The number of rotatable bonds is 6. The van der Waals surface area contributed by atoms with Gasteiger partial charge in [-0.1, -0.05) is 0 Å². The molecule has 1 atom stereocenters. The van der Waals surface area contributed by atoms with Crippen molar-refractivity contribution in [2.75, 3.05) is 33.3 Å². The van der Waals surface area contributed by atoms with Crippen molar-refractivity contribution in [1.82, 2.24) is 15.5 Å². The third kappa shape index (κ3) is 5.81. The summed E-state index contributed by atoms with van der Waals surface area (Å²) < 4.78 is 10.3. The zero-order chi connectivity index (χ0) is 18.1. The van der Waals surface area contributed by atoms with Gasteiger partial charge in [0, 0.05) is 20.1 Å². The van der Waals surface area contributed by atoms with E-state index in [-0.39, 0.29) is 24.3 Å². The topological polar surface area (TPSA) is 96.2 Å². The lowest BCUT2D eigenvalue weighted by molar-refractivity contribution is -0.149. The number of carbonyl (C=O) groups is 2. The van der Waals surface area contributed by atoms with Crippen molar-refractivity contribution >= 4 is 17.8 Å². The summed E-state index contributed by atoms with van der Waals surface area (Å²) in [5, 5.41) is 5.81. The third-order valence-electron chi connectivity index (χ3n) is 4.00. The Bertz CT molecular complexity index is 585. The number of furan rings is 1. The fraction of sp³-hybridized carbons (Fsp3) is 0.588. The first-order valence-corrected chi connectivity index (χ1v) is 8.55. The molecule has 8 nitrogen and oxygen atoms in total. The van der Waals surface area contributed by atoms with E-state index in [0.29, 0.717) is 31.4 Å². The lowest BCUT2D eigenvalue weighted by atomic mass is 9.98. The van der Waals surface area contributed by atoms with E-state index in [1.165, 1.54) is 0 Å². The Morgan fingerprint density at radius 2 is 2.28 bits per heavy atom. The summed E-state index contributed by atoms with van der Waals surface area (Å²) in [4.78, 5) is 30.1. The Morgan fingerprint density at radius 1 is 1.44 bits per heavy atom. The van der Waals surface area contributed by atoms with Crippen molar-refractivity contribution < 1.29 is 18.7 Å². The van der Waals surface area contributed by atoms with Gasteiger partial charge in [0.15, 0.2) is 5.96 Å². The fourth-order valence-electron chi connectivity index (χ4n) is 2.77. The molecule has 0 aromatic carbocycles. The highest BCUT2D eigenvalue weighted by atomic mass is 16.5. The second-order valence-electron chi connectivity index (χ2n) is 5.79. The SMILES string of the molecule is CCOC(=O)C1CCCN(C(=NC)NCC(=O)NCc2ccco2)C1. The number of piperidine rings is 1. The highest BCUT2D eigenvalue weighted by Crippen LogP contribution is 2.18. The van der Waals surface area contributed by atoms with Crippen molar-refractivity contribution in [2.24, 2.45) is 10.9 Å². The molecule has 0 saturated carbocycles. The van der Waals surface area contributed by atoms with Crippen LogP contribution in [0.5, 0.6) is 0 Å². The molecule has 8 heteroatoms. The minimum absolute atomic E-state index is 0.105. The van der Waals surface area contributed by atoms with E-state index in [1.54, 1.807) is 32.4 Å². The van der Waals surface area contributed by atoms with Crippen LogP contribution in [-0.2, 0) is 20.9 Å². The van der Waals surface area contributed by atoms with Crippen LogP contribution in [0.15, 0.2) is 27.8 Å². The number of ether oxygens (including phenoxy) is 1. The van der Waals surface area contributed by atoms with E-state index in [9.17, 15) is 9.59 Å². The average molecular weight is 350 g/mol. The van der Waals surface area contributed by atoms with Crippen molar-refractivity contribution in [1.29, 1.82) is 0 Å². The summed E-state index contributed by atoms with van der Waals surface area (Å²) in [5.41, 5.74) is 0. The first-order chi connectivity index (χ1) is 12.1. The number of nitrogens with zero attached hydrogens (tertiary/aromatic N) is 2. The van der Waals surface area contributed by atoms with Gasteiger partial charge in [-0.15, -0.1) is 0 Å². The summed E-state index contributed by atoms with van der Waals surface area (Å²) in [6.07, 6.45) is 3.27. The van der Waals surface area contributed by atoms with E-state index in [0.717, 1.165) is 19.4 Å². The standard InChI is InChI=1S/C17H26N4O4/c1-3-24-16(23)13-6-4-8-21(12-13)17(18-2)20-11-15(22)19-10-14-7-5-9-25-14/h5,7,9,13H,3-4,6,8,10-12H2,1-2H3,(H,18,20)(H,19,22). The predicted octanol–water partition coefficient (Wildman–Crippen LogP) is 0.746. The van der Waals surface area contributed by atoms with Crippen LogP contribution in [0.3, 0.4) is 0 Å². The molecule has 1 aliphatic rings. The van der Waals surface area contributed by atoms with Gasteiger partial charge in [0.2, 0.25) is 5.91 Å². The quantitative estimate of drug-likeness (QED) is 0.446. The fourth-order valence-corrected chi connectivity index (χ4v) is 2.77. The smallest absolute Gasteiger partial charge is 0.310 e. The summed E-state index contributed by atoms with van der Waals surface area (Å²) >= 11 is 0. The highest BCUT2D eigenvalue weighted by Gasteiger charge is 2.28. The monoisotopic (exact) mass is 350 g/mol. The second kappa shape index (κ2) is 9.71. The van der Waals surface area contributed by atoms with Crippen LogP contribution >= 0.6 is 0 Å². The first-order valence-electron chi connectivity index (χ1n) is 8.55. The summed E-state index contributed by atoms with van der Waals surface area (Å²) in [6.45, 7) is 3.99. The number of guanidine groups is 1. The van der Waals surface area contributed by atoms with Crippen molar-refractivity contribution in [3.8, 4) is 0 Å². The maximum absolute atomic E-state index is 11.9. The third-order valence-corrected chi connectivity index (χ3v) is 4.00. The Labute approximate surface area is 147 Å². The Kier molecular flexibility index (Phi) is 7.31. The van der Waals surface area contributed by atoms with Crippen molar-refractivity contribution in [3.05, 3.63) is 24.2 Å². The van der Waals surface area contributed by atoms with E-state index in [4.69, 9.17) is 9.15 Å². The maximum atomic E-state index is 11.9. The summed E-state index contributed by atoms with van der Waals surface area (Å²) in [5.74, 6) is 0.837. The van der Waals surface area contributed by atoms with Gasteiger partial charge in [-0.2, -0.15) is 0 Å². The molecule has 1 aromatic heterocycles. The molecular weight excluding hydrogens is 324 g/mol. The van der Waals surface area contributed by atoms with E-state index < -0.39 is 0 Å². The molecule has 1 amide bonds. The molecule has 2 heterocycles. The largest absolute Gasteiger partial charge is 0.467 e. The van der Waals surface area contributed by atoms with Gasteiger partial charge in [-0.3, -0.25) is 14.6 Å². The number of carbonyl (C=O) groups excluding carboxylic acids is 2. The van der Waals surface area contributed by atoms with E-state index in [1.807, 2.05) is 4.90 Å². The molecular formula is C17H26N4O4. The van der Waals surface area contributed by atoms with E-state index >= 15 is 0 Å². The number of hydrogen-bond donors (Lipinski definition) is 2.